The van der Waals surface area contributed by atoms with Crippen molar-refractivity contribution in [3.05, 3.63) is 84.2 Å². The lowest BCUT2D eigenvalue weighted by atomic mass is 9.75. The summed E-state index contributed by atoms with van der Waals surface area (Å²) in [7, 11) is -2.75. The highest BCUT2D eigenvalue weighted by molar-refractivity contribution is 7.92. The van der Waals surface area contributed by atoms with Gasteiger partial charge in [0, 0.05) is 43.1 Å². The van der Waals surface area contributed by atoms with E-state index in [1.807, 2.05) is 12.1 Å². The molecule has 3 aromatic rings. The number of sulfonamides is 1. The molecule has 1 aliphatic carbocycles. The van der Waals surface area contributed by atoms with Crippen LogP contribution in [-0.2, 0) is 21.8 Å². The molecule has 220 valence electrons. The predicted octanol–water partition coefficient (Wildman–Crippen LogP) is 5.60. The summed E-state index contributed by atoms with van der Waals surface area (Å²) in [5.74, 6) is 0.469. The highest BCUT2D eigenvalue weighted by Crippen LogP contribution is 2.42. The summed E-state index contributed by atoms with van der Waals surface area (Å²) in [6.45, 7) is 0.983. The molecule has 1 saturated heterocycles. The lowest BCUT2D eigenvalue weighted by Gasteiger charge is -2.49. The van der Waals surface area contributed by atoms with E-state index in [1.54, 1.807) is 12.4 Å². The zero-order valence-corrected chi connectivity index (χ0v) is 23.6. The van der Waals surface area contributed by atoms with Gasteiger partial charge in [0.25, 0.3) is 10.0 Å². The van der Waals surface area contributed by atoms with Gasteiger partial charge in [-0.15, -0.1) is 0 Å². The molecule has 7 nitrogen and oxygen atoms in total. The number of nitrogens with zero attached hydrogens (tertiary/aromatic N) is 3. The Balaban J connectivity index is 1.45. The van der Waals surface area contributed by atoms with E-state index in [4.69, 9.17) is 4.74 Å². The Hall–Kier alpha value is -3.15. The summed E-state index contributed by atoms with van der Waals surface area (Å²) in [5.41, 5.74) is -1.25. The van der Waals surface area contributed by atoms with E-state index in [2.05, 4.69) is 9.88 Å². The number of pyridine rings is 1. The number of hydrogen-bond acceptors (Lipinski definition) is 6. The summed E-state index contributed by atoms with van der Waals surface area (Å²) in [4.78, 5) is 6.37. The van der Waals surface area contributed by atoms with Gasteiger partial charge < -0.3 is 9.84 Å². The number of benzene rings is 2. The number of rotatable bonds is 7. The van der Waals surface area contributed by atoms with Crippen LogP contribution in [0.4, 0.5) is 18.9 Å². The Kier molecular flexibility index (Phi) is 8.31. The van der Waals surface area contributed by atoms with Gasteiger partial charge in [-0.2, -0.15) is 13.2 Å². The van der Waals surface area contributed by atoms with Crippen LogP contribution < -0.4 is 9.04 Å². The smallest absolute Gasteiger partial charge is 0.416 e. The van der Waals surface area contributed by atoms with E-state index in [1.165, 1.54) is 43.5 Å². The highest BCUT2D eigenvalue weighted by atomic mass is 32.2. The number of likely N-dealkylation sites (tertiary alicyclic amines) is 1. The van der Waals surface area contributed by atoms with Crippen molar-refractivity contribution in [1.29, 1.82) is 0 Å². The molecular weight excluding hydrogens is 555 g/mol. The summed E-state index contributed by atoms with van der Waals surface area (Å²) >= 11 is 0. The molecule has 5 rings (SSSR count). The van der Waals surface area contributed by atoms with Crippen LogP contribution in [0.2, 0.25) is 0 Å². The fourth-order valence-electron chi connectivity index (χ4n) is 6.24. The largest absolute Gasteiger partial charge is 0.497 e. The molecule has 0 unspecified atom stereocenters. The van der Waals surface area contributed by atoms with Crippen LogP contribution in [0.25, 0.3) is 0 Å². The zero-order chi connectivity index (χ0) is 29.3. The van der Waals surface area contributed by atoms with E-state index in [9.17, 15) is 26.7 Å². The Morgan fingerprint density at radius 1 is 1.02 bits per heavy atom. The third kappa shape index (κ3) is 5.93. The molecular formula is C30H34F3N3O4S. The Morgan fingerprint density at radius 3 is 2.39 bits per heavy atom. The molecule has 0 bridgehead atoms. The number of aliphatic hydroxyl groups is 1. The van der Waals surface area contributed by atoms with Crippen LogP contribution in [0.3, 0.4) is 0 Å². The first-order chi connectivity index (χ1) is 19.5. The van der Waals surface area contributed by atoms with E-state index in [0.717, 1.165) is 41.3 Å². The lowest BCUT2D eigenvalue weighted by Crippen LogP contribution is -2.57. The van der Waals surface area contributed by atoms with Crippen LogP contribution >= 0.6 is 0 Å². The van der Waals surface area contributed by atoms with Crippen LogP contribution in [0.5, 0.6) is 5.75 Å². The molecule has 0 amide bonds. The van der Waals surface area contributed by atoms with Crippen molar-refractivity contribution >= 4 is 15.7 Å². The quantitative estimate of drug-likeness (QED) is 0.387. The number of aromatic nitrogens is 1. The van der Waals surface area contributed by atoms with E-state index in [0.29, 0.717) is 38.1 Å². The molecule has 1 aliphatic heterocycles. The molecule has 41 heavy (non-hydrogen) atoms. The molecule has 2 aromatic carbocycles. The monoisotopic (exact) mass is 589 g/mol. The van der Waals surface area contributed by atoms with Crippen molar-refractivity contribution in [3.8, 4) is 5.75 Å². The zero-order valence-electron chi connectivity index (χ0n) is 22.8. The number of hydrogen-bond donors (Lipinski definition) is 1. The molecule has 2 atom stereocenters. The highest BCUT2D eigenvalue weighted by Gasteiger charge is 2.45. The molecule has 11 heteroatoms. The average molecular weight is 590 g/mol. The number of anilines is 1. The standard InChI is InChI=1S/C30H34F3N3O4S/c1-40-26-10-12-27(13-11-26)41(38,39)36(25-8-4-6-22(20-25)30(31,32)33)24-14-18-35(19-15-24)28-9-2-3-16-29(28,37)23-7-5-17-34-21-23/h4-8,10-13,17,20-21,24,28,37H,2-3,9,14-16,18-19H2,1H3/t28-,29+/m1/s1. The van der Waals surface area contributed by atoms with Crippen LogP contribution in [-0.4, -0.2) is 55.7 Å². The molecule has 1 saturated carbocycles. The summed E-state index contributed by atoms with van der Waals surface area (Å²) in [6.07, 6.45) is 2.78. The summed E-state index contributed by atoms with van der Waals surface area (Å²) in [6, 6.07) is 13.3. The number of alkyl halides is 3. The minimum atomic E-state index is -4.62. The Morgan fingerprint density at radius 2 is 1.76 bits per heavy atom. The molecule has 2 heterocycles. The van der Waals surface area contributed by atoms with Crippen molar-refractivity contribution in [2.45, 2.75) is 67.3 Å². The molecule has 2 fully saturated rings. The van der Waals surface area contributed by atoms with Crippen molar-refractivity contribution in [1.82, 2.24) is 9.88 Å². The Bertz CT molecular complexity index is 1430. The first-order valence-corrected chi connectivity index (χ1v) is 15.2. The summed E-state index contributed by atoms with van der Waals surface area (Å²) in [5, 5.41) is 11.8. The number of halogens is 3. The van der Waals surface area contributed by atoms with E-state index < -0.39 is 33.4 Å². The van der Waals surface area contributed by atoms with E-state index in [-0.39, 0.29) is 16.6 Å². The van der Waals surface area contributed by atoms with Crippen molar-refractivity contribution in [2.75, 3.05) is 24.5 Å². The van der Waals surface area contributed by atoms with Crippen molar-refractivity contribution in [2.24, 2.45) is 0 Å². The molecule has 0 spiro atoms. The predicted molar refractivity (Wildman–Crippen MR) is 149 cm³/mol. The van der Waals surface area contributed by atoms with Gasteiger partial charge in [-0.1, -0.05) is 25.0 Å². The van der Waals surface area contributed by atoms with Crippen LogP contribution in [0.1, 0.15) is 49.7 Å². The van der Waals surface area contributed by atoms with Gasteiger partial charge in [-0.25, -0.2) is 8.42 Å². The topological polar surface area (TPSA) is 83.0 Å². The molecule has 1 N–H and O–H groups in total. The van der Waals surface area contributed by atoms with Gasteiger partial charge in [0.2, 0.25) is 0 Å². The maximum Gasteiger partial charge on any atom is 0.416 e. The van der Waals surface area contributed by atoms with Crippen molar-refractivity contribution in [3.63, 3.8) is 0 Å². The third-order valence-electron chi connectivity index (χ3n) is 8.31. The second-order valence-corrected chi connectivity index (χ2v) is 12.5. The first-order valence-electron chi connectivity index (χ1n) is 13.8. The van der Waals surface area contributed by atoms with Gasteiger partial charge in [0.1, 0.15) is 11.4 Å². The van der Waals surface area contributed by atoms with Gasteiger partial charge in [-0.05, 0) is 74.2 Å². The molecule has 0 radical (unpaired) electrons. The fourth-order valence-corrected chi connectivity index (χ4v) is 7.94. The van der Waals surface area contributed by atoms with Crippen LogP contribution in [0.15, 0.2) is 78.0 Å². The number of methoxy groups -OCH3 is 1. The second-order valence-electron chi connectivity index (χ2n) is 10.7. The second kappa shape index (κ2) is 11.6. The summed E-state index contributed by atoms with van der Waals surface area (Å²) < 4.78 is 75.2. The average Bonchev–Trinajstić information content (AvgIpc) is 2.98. The number of piperidine rings is 1. The van der Waals surface area contributed by atoms with Crippen molar-refractivity contribution < 1.29 is 31.4 Å². The Labute approximate surface area is 238 Å². The SMILES string of the molecule is COc1ccc(S(=O)(=O)N(c2cccc(C(F)(F)F)c2)C2CCN([C@@H]3CCCC[C@]3(O)c3cccnc3)CC2)cc1. The van der Waals surface area contributed by atoms with Gasteiger partial charge >= 0.3 is 6.18 Å². The van der Waals surface area contributed by atoms with E-state index >= 15 is 0 Å². The lowest BCUT2D eigenvalue weighted by molar-refractivity contribution is -0.137. The maximum atomic E-state index is 14.0. The molecule has 2 aliphatic rings. The van der Waals surface area contributed by atoms with Gasteiger partial charge in [0.05, 0.1) is 23.3 Å². The minimum Gasteiger partial charge on any atom is -0.497 e. The maximum absolute atomic E-state index is 14.0. The molecule has 1 aromatic heterocycles. The first kappa shape index (κ1) is 29.3. The number of ether oxygens (including phenoxy) is 1. The third-order valence-corrected chi connectivity index (χ3v) is 10.2. The van der Waals surface area contributed by atoms with Gasteiger partial charge in [-0.3, -0.25) is 14.2 Å². The van der Waals surface area contributed by atoms with Gasteiger partial charge in [0.15, 0.2) is 0 Å². The normalized spacial score (nSPS) is 22.8. The fraction of sp³-hybridized carbons (Fsp3) is 0.433. The minimum absolute atomic E-state index is 0.0291. The van der Waals surface area contributed by atoms with Crippen LogP contribution in [0, 0.1) is 0 Å².